The number of thioether (sulfide) groups is 1. The second-order valence-electron chi connectivity index (χ2n) is 7.27. The van der Waals surface area contributed by atoms with Gasteiger partial charge in [-0.15, -0.1) is 11.8 Å². The molecular formula is C23H25N5OS. The molecule has 1 aliphatic rings. The Morgan fingerprint density at radius 3 is 2.30 bits per heavy atom. The highest BCUT2D eigenvalue weighted by Gasteiger charge is 2.15. The molecule has 0 bridgehead atoms. The summed E-state index contributed by atoms with van der Waals surface area (Å²) in [7, 11) is 0. The lowest BCUT2D eigenvalue weighted by atomic mass is 10.2. The van der Waals surface area contributed by atoms with Gasteiger partial charge >= 0.3 is 0 Å². The van der Waals surface area contributed by atoms with Gasteiger partial charge in [0.1, 0.15) is 5.82 Å². The first-order valence-electron chi connectivity index (χ1n) is 10.0. The highest BCUT2D eigenvalue weighted by atomic mass is 32.2. The number of aromatic nitrogens is 2. The van der Waals surface area contributed by atoms with Gasteiger partial charge in [0.05, 0.1) is 0 Å². The van der Waals surface area contributed by atoms with Crippen LogP contribution in [0.5, 0.6) is 0 Å². The lowest BCUT2D eigenvalue weighted by Crippen LogP contribution is -2.19. The third-order valence-electron chi connectivity index (χ3n) is 5.02. The zero-order chi connectivity index (χ0) is 20.9. The van der Waals surface area contributed by atoms with Gasteiger partial charge in [-0.1, -0.05) is 0 Å². The third kappa shape index (κ3) is 4.91. The lowest BCUT2D eigenvalue weighted by molar-refractivity contribution is 0.102. The number of carbonyl (C=O) groups excluding carboxylic acids is 1. The Hall–Kier alpha value is -3.06. The second kappa shape index (κ2) is 9.17. The molecule has 0 unspecified atom stereocenters. The predicted octanol–water partition coefficient (Wildman–Crippen LogP) is 5.10. The quantitative estimate of drug-likeness (QED) is 0.542. The molecule has 2 N–H and O–H groups in total. The van der Waals surface area contributed by atoms with E-state index in [2.05, 4.69) is 25.5 Å². The normalized spacial score (nSPS) is 13.3. The minimum atomic E-state index is -0.124. The number of nitrogens with zero attached hydrogens (tertiary/aromatic N) is 3. The van der Waals surface area contributed by atoms with Crippen molar-refractivity contribution in [3.8, 4) is 0 Å². The molecule has 2 aromatic carbocycles. The molecule has 0 spiro atoms. The van der Waals surface area contributed by atoms with Crippen LogP contribution in [0.15, 0.2) is 59.5 Å². The van der Waals surface area contributed by atoms with Crippen molar-refractivity contribution >= 4 is 40.8 Å². The predicted molar refractivity (Wildman–Crippen MR) is 124 cm³/mol. The Morgan fingerprint density at radius 2 is 1.63 bits per heavy atom. The summed E-state index contributed by atoms with van der Waals surface area (Å²) in [4.78, 5) is 25.0. The zero-order valence-corrected chi connectivity index (χ0v) is 18.0. The van der Waals surface area contributed by atoms with Gasteiger partial charge < -0.3 is 15.5 Å². The van der Waals surface area contributed by atoms with Crippen LogP contribution in [0.2, 0.25) is 0 Å². The molecule has 1 saturated heterocycles. The minimum absolute atomic E-state index is 0.124. The molecule has 0 aliphatic carbocycles. The van der Waals surface area contributed by atoms with Crippen molar-refractivity contribution in [2.75, 3.05) is 34.9 Å². The summed E-state index contributed by atoms with van der Waals surface area (Å²) in [5.74, 6) is 1.43. The third-order valence-corrected chi connectivity index (χ3v) is 5.77. The standard InChI is InChI=1S/C23H25N5OS/c1-16-15-21(28-13-3-4-14-28)27-23(24-16)26-19-9-7-18(8-10-19)25-22(29)17-5-11-20(30-2)12-6-17/h5-12,15H,3-4,13-14H2,1-2H3,(H,25,29)(H,24,26,27). The van der Waals surface area contributed by atoms with E-state index < -0.39 is 0 Å². The van der Waals surface area contributed by atoms with Crippen LogP contribution in [-0.2, 0) is 0 Å². The molecule has 3 aromatic rings. The van der Waals surface area contributed by atoms with Gasteiger partial charge in [-0.3, -0.25) is 4.79 Å². The summed E-state index contributed by atoms with van der Waals surface area (Å²) in [6.45, 7) is 4.07. The number of carbonyl (C=O) groups is 1. The highest BCUT2D eigenvalue weighted by Crippen LogP contribution is 2.23. The molecule has 0 radical (unpaired) electrons. The summed E-state index contributed by atoms with van der Waals surface area (Å²) in [5, 5.41) is 6.20. The molecule has 0 saturated carbocycles. The molecule has 1 amide bonds. The van der Waals surface area contributed by atoms with Crippen LogP contribution in [0.1, 0.15) is 28.9 Å². The van der Waals surface area contributed by atoms with Crippen LogP contribution in [-0.4, -0.2) is 35.2 Å². The van der Waals surface area contributed by atoms with E-state index in [1.807, 2.05) is 67.8 Å². The molecule has 0 atom stereocenters. The second-order valence-corrected chi connectivity index (χ2v) is 8.15. The number of nitrogens with one attached hydrogen (secondary N) is 2. The summed E-state index contributed by atoms with van der Waals surface area (Å²) in [6, 6.07) is 17.2. The van der Waals surface area contributed by atoms with Gasteiger partial charge in [-0.25, -0.2) is 4.98 Å². The molecule has 1 aromatic heterocycles. The number of rotatable bonds is 6. The number of hydrogen-bond acceptors (Lipinski definition) is 6. The summed E-state index contributed by atoms with van der Waals surface area (Å²) in [6.07, 6.45) is 4.43. The smallest absolute Gasteiger partial charge is 0.255 e. The van der Waals surface area contributed by atoms with Gasteiger partial charge in [-0.2, -0.15) is 4.98 Å². The Bertz CT molecular complexity index is 1010. The van der Waals surface area contributed by atoms with Crippen molar-refractivity contribution in [1.29, 1.82) is 0 Å². The molecule has 4 rings (SSSR count). The topological polar surface area (TPSA) is 70.2 Å². The van der Waals surface area contributed by atoms with Crippen molar-refractivity contribution in [3.05, 3.63) is 65.9 Å². The van der Waals surface area contributed by atoms with E-state index in [-0.39, 0.29) is 5.91 Å². The number of amides is 1. The SMILES string of the molecule is CSc1ccc(C(=O)Nc2ccc(Nc3nc(C)cc(N4CCCC4)n3)cc2)cc1. The van der Waals surface area contributed by atoms with E-state index in [0.717, 1.165) is 40.9 Å². The van der Waals surface area contributed by atoms with Crippen molar-refractivity contribution in [2.24, 2.45) is 0 Å². The Balaban J connectivity index is 1.41. The zero-order valence-electron chi connectivity index (χ0n) is 17.2. The van der Waals surface area contributed by atoms with Crippen LogP contribution in [0.3, 0.4) is 0 Å². The van der Waals surface area contributed by atoms with Crippen molar-refractivity contribution in [1.82, 2.24) is 9.97 Å². The number of benzene rings is 2. The number of aryl methyl sites for hydroxylation is 1. The minimum Gasteiger partial charge on any atom is -0.356 e. The van der Waals surface area contributed by atoms with E-state index in [4.69, 9.17) is 0 Å². The Labute approximate surface area is 181 Å². The number of anilines is 4. The van der Waals surface area contributed by atoms with E-state index in [0.29, 0.717) is 11.5 Å². The van der Waals surface area contributed by atoms with Crippen LogP contribution in [0.25, 0.3) is 0 Å². The summed E-state index contributed by atoms with van der Waals surface area (Å²) in [5.41, 5.74) is 3.18. The molecule has 1 fully saturated rings. The molecule has 30 heavy (non-hydrogen) atoms. The van der Waals surface area contributed by atoms with E-state index in [1.165, 1.54) is 12.8 Å². The Kier molecular flexibility index (Phi) is 6.18. The Morgan fingerprint density at radius 1 is 0.967 bits per heavy atom. The average molecular weight is 420 g/mol. The van der Waals surface area contributed by atoms with Crippen LogP contribution in [0.4, 0.5) is 23.1 Å². The fraction of sp³-hybridized carbons (Fsp3) is 0.261. The maximum Gasteiger partial charge on any atom is 0.255 e. The van der Waals surface area contributed by atoms with E-state index >= 15 is 0 Å². The summed E-state index contributed by atoms with van der Waals surface area (Å²) >= 11 is 1.65. The van der Waals surface area contributed by atoms with Crippen LogP contribution >= 0.6 is 11.8 Å². The van der Waals surface area contributed by atoms with E-state index in [1.54, 1.807) is 11.8 Å². The maximum atomic E-state index is 12.4. The highest BCUT2D eigenvalue weighted by molar-refractivity contribution is 7.98. The molecule has 154 valence electrons. The molecular weight excluding hydrogens is 394 g/mol. The van der Waals surface area contributed by atoms with Crippen LogP contribution < -0.4 is 15.5 Å². The molecule has 1 aliphatic heterocycles. The average Bonchev–Trinajstić information content (AvgIpc) is 3.30. The molecule has 7 heteroatoms. The monoisotopic (exact) mass is 419 g/mol. The first kappa shape index (κ1) is 20.2. The fourth-order valence-electron chi connectivity index (χ4n) is 3.43. The molecule has 6 nitrogen and oxygen atoms in total. The van der Waals surface area contributed by atoms with E-state index in [9.17, 15) is 4.79 Å². The van der Waals surface area contributed by atoms with Crippen molar-refractivity contribution in [3.63, 3.8) is 0 Å². The van der Waals surface area contributed by atoms with Gasteiger partial charge in [0, 0.05) is 46.7 Å². The van der Waals surface area contributed by atoms with Crippen molar-refractivity contribution < 1.29 is 4.79 Å². The van der Waals surface area contributed by atoms with Crippen LogP contribution in [0, 0.1) is 6.92 Å². The van der Waals surface area contributed by atoms with Gasteiger partial charge in [0.25, 0.3) is 5.91 Å². The molecule has 2 heterocycles. The summed E-state index contributed by atoms with van der Waals surface area (Å²) < 4.78 is 0. The maximum absolute atomic E-state index is 12.4. The van der Waals surface area contributed by atoms with Gasteiger partial charge in [0.15, 0.2) is 0 Å². The first-order chi connectivity index (χ1) is 14.6. The van der Waals surface area contributed by atoms with Crippen molar-refractivity contribution in [2.45, 2.75) is 24.7 Å². The first-order valence-corrected chi connectivity index (χ1v) is 11.3. The fourth-order valence-corrected chi connectivity index (χ4v) is 3.84. The number of hydrogen-bond donors (Lipinski definition) is 2. The lowest BCUT2D eigenvalue weighted by Gasteiger charge is -2.17. The largest absolute Gasteiger partial charge is 0.356 e. The van der Waals surface area contributed by atoms with Gasteiger partial charge in [0.2, 0.25) is 5.95 Å². The van der Waals surface area contributed by atoms with Gasteiger partial charge in [-0.05, 0) is 74.6 Å².